The molecular weight excluding hydrogens is 247 g/mol. The van der Waals surface area contributed by atoms with Crippen molar-refractivity contribution >= 4 is 5.91 Å². The fraction of sp³-hybridized carbons (Fsp3) is 0.500. The van der Waals surface area contributed by atoms with E-state index in [9.17, 15) is 9.18 Å². The lowest BCUT2D eigenvalue weighted by Crippen LogP contribution is -2.47. The number of benzene rings is 1. The van der Waals surface area contributed by atoms with Crippen LogP contribution in [0.15, 0.2) is 18.2 Å². The van der Waals surface area contributed by atoms with E-state index in [1.807, 2.05) is 0 Å². The van der Waals surface area contributed by atoms with Crippen LogP contribution < -0.4 is 16.2 Å². The highest BCUT2D eigenvalue weighted by atomic mass is 19.1. The van der Waals surface area contributed by atoms with Crippen molar-refractivity contribution in [2.75, 3.05) is 6.61 Å². The normalized spacial score (nSPS) is 18.0. The topological polar surface area (TPSA) is 78.3 Å². The van der Waals surface area contributed by atoms with Gasteiger partial charge in [0.25, 0.3) is 5.91 Å². The van der Waals surface area contributed by atoms with Crippen LogP contribution in [0, 0.1) is 5.82 Å². The van der Waals surface area contributed by atoms with Crippen molar-refractivity contribution in [3.63, 3.8) is 0 Å². The van der Waals surface area contributed by atoms with Gasteiger partial charge in [-0.15, -0.1) is 0 Å². The Kier molecular flexibility index (Phi) is 4.04. The second kappa shape index (κ2) is 5.57. The maximum Gasteiger partial charge on any atom is 0.252 e. The number of nitrogens with two attached hydrogens (primary N) is 2. The van der Waals surface area contributed by atoms with Crippen LogP contribution in [0.1, 0.15) is 42.5 Å². The minimum Gasteiger partial charge on any atom is -0.491 e. The summed E-state index contributed by atoms with van der Waals surface area (Å²) in [4.78, 5) is 11.2. The van der Waals surface area contributed by atoms with E-state index in [4.69, 9.17) is 16.2 Å². The van der Waals surface area contributed by atoms with E-state index < -0.39 is 11.7 Å². The number of hydrogen-bond donors (Lipinski definition) is 2. The number of carbonyl (C=O) groups is 1. The molecule has 1 amide bonds. The van der Waals surface area contributed by atoms with Crippen molar-refractivity contribution in [3.05, 3.63) is 29.6 Å². The number of primary amides is 1. The van der Waals surface area contributed by atoms with E-state index in [1.165, 1.54) is 18.6 Å². The van der Waals surface area contributed by atoms with Gasteiger partial charge in [-0.25, -0.2) is 4.39 Å². The zero-order valence-electron chi connectivity index (χ0n) is 10.8. The first-order valence-electron chi connectivity index (χ1n) is 6.51. The number of ether oxygens (including phenoxy) is 1. The maximum absolute atomic E-state index is 13.1. The predicted octanol–water partition coefficient (Wildman–Crippen LogP) is 1.97. The Bertz CT molecular complexity index is 471. The summed E-state index contributed by atoms with van der Waals surface area (Å²) < 4.78 is 18.7. The summed E-state index contributed by atoms with van der Waals surface area (Å²) in [5, 5.41) is 0. The van der Waals surface area contributed by atoms with Crippen LogP contribution in [0.2, 0.25) is 0 Å². The maximum atomic E-state index is 13.1. The van der Waals surface area contributed by atoms with Gasteiger partial charge in [-0.1, -0.05) is 19.3 Å². The molecule has 1 fully saturated rings. The SMILES string of the molecule is NC(=O)c1cc(F)ccc1OCC1(N)CCCCC1. The Labute approximate surface area is 111 Å². The standard InChI is InChI=1S/C14H19FN2O2/c15-10-4-5-12(11(8-10)13(16)18)19-9-14(17)6-2-1-3-7-14/h4-5,8H,1-3,6-7,9,17H2,(H2,16,18). The van der Waals surface area contributed by atoms with Crippen molar-refractivity contribution in [2.24, 2.45) is 11.5 Å². The summed E-state index contributed by atoms with van der Waals surface area (Å²) in [6.45, 7) is 0.318. The van der Waals surface area contributed by atoms with Crippen LogP contribution in [0.3, 0.4) is 0 Å². The van der Waals surface area contributed by atoms with Gasteiger partial charge in [0.15, 0.2) is 0 Å². The first kappa shape index (κ1) is 13.8. The van der Waals surface area contributed by atoms with Crippen LogP contribution in [-0.2, 0) is 0 Å². The van der Waals surface area contributed by atoms with E-state index in [0.29, 0.717) is 12.4 Å². The van der Waals surface area contributed by atoms with Gasteiger partial charge in [-0.3, -0.25) is 4.79 Å². The second-order valence-corrected chi connectivity index (χ2v) is 5.22. The molecule has 1 saturated carbocycles. The van der Waals surface area contributed by atoms with Crippen LogP contribution in [0.4, 0.5) is 4.39 Å². The highest BCUT2D eigenvalue weighted by Gasteiger charge is 2.28. The first-order valence-corrected chi connectivity index (χ1v) is 6.51. The smallest absolute Gasteiger partial charge is 0.252 e. The van der Waals surface area contributed by atoms with E-state index in [2.05, 4.69) is 0 Å². The second-order valence-electron chi connectivity index (χ2n) is 5.22. The molecule has 0 heterocycles. The van der Waals surface area contributed by atoms with Crippen molar-refractivity contribution in [1.82, 2.24) is 0 Å². The molecular formula is C14H19FN2O2. The monoisotopic (exact) mass is 266 g/mol. The van der Waals surface area contributed by atoms with Gasteiger partial charge in [0.05, 0.1) is 11.1 Å². The fourth-order valence-corrected chi connectivity index (χ4v) is 2.44. The van der Waals surface area contributed by atoms with Crippen LogP contribution in [-0.4, -0.2) is 18.1 Å². The van der Waals surface area contributed by atoms with E-state index >= 15 is 0 Å². The summed E-state index contributed by atoms with van der Waals surface area (Å²) >= 11 is 0. The third-order valence-corrected chi connectivity index (χ3v) is 3.57. The van der Waals surface area contributed by atoms with Crippen molar-refractivity contribution in [3.8, 4) is 5.75 Å². The molecule has 4 N–H and O–H groups in total. The quantitative estimate of drug-likeness (QED) is 0.874. The lowest BCUT2D eigenvalue weighted by molar-refractivity contribution is 0.0992. The largest absolute Gasteiger partial charge is 0.491 e. The molecule has 104 valence electrons. The summed E-state index contributed by atoms with van der Waals surface area (Å²) in [7, 11) is 0. The summed E-state index contributed by atoms with van der Waals surface area (Å²) in [6.07, 6.45) is 5.18. The zero-order valence-corrected chi connectivity index (χ0v) is 10.8. The number of carbonyl (C=O) groups excluding carboxylic acids is 1. The van der Waals surface area contributed by atoms with Crippen molar-refractivity contribution in [2.45, 2.75) is 37.6 Å². The Morgan fingerprint density at radius 2 is 2.00 bits per heavy atom. The Balaban J connectivity index is 2.08. The van der Waals surface area contributed by atoms with Crippen LogP contribution in [0.5, 0.6) is 5.75 Å². The molecule has 1 aliphatic rings. The molecule has 0 radical (unpaired) electrons. The first-order chi connectivity index (χ1) is 9.00. The highest BCUT2D eigenvalue weighted by molar-refractivity contribution is 5.95. The lowest BCUT2D eigenvalue weighted by atomic mass is 9.83. The number of rotatable bonds is 4. The molecule has 0 atom stereocenters. The predicted molar refractivity (Wildman–Crippen MR) is 70.4 cm³/mol. The summed E-state index contributed by atoms with van der Waals surface area (Å²) in [5.41, 5.74) is 11.2. The van der Waals surface area contributed by atoms with Crippen LogP contribution in [0.25, 0.3) is 0 Å². The Hall–Kier alpha value is -1.62. The number of amides is 1. The number of hydrogen-bond acceptors (Lipinski definition) is 3. The van der Waals surface area contributed by atoms with Gasteiger partial charge in [-0.2, -0.15) is 0 Å². The fourth-order valence-electron chi connectivity index (χ4n) is 2.44. The number of halogens is 1. The average molecular weight is 266 g/mol. The van der Waals surface area contributed by atoms with E-state index in [-0.39, 0.29) is 11.1 Å². The third kappa shape index (κ3) is 3.44. The minimum absolute atomic E-state index is 0.0550. The van der Waals surface area contributed by atoms with Crippen molar-refractivity contribution < 1.29 is 13.9 Å². The summed E-state index contributed by atoms with van der Waals surface area (Å²) in [5.74, 6) is -0.921. The third-order valence-electron chi connectivity index (χ3n) is 3.57. The molecule has 2 rings (SSSR count). The van der Waals surface area contributed by atoms with Gasteiger partial charge >= 0.3 is 0 Å². The van der Waals surface area contributed by atoms with Gasteiger partial charge in [0, 0.05) is 0 Å². The summed E-state index contributed by atoms with van der Waals surface area (Å²) in [6, 6.07) is 3.75. The van der Waals surface area contributed by atoms with Gasteiger partial charge < -0.3 is 16.2 Å². The zero-order chi connectivity index (χ0) is 13.9. The molecule has 0 aromatic heterocycles. The van der Waals surface area contributed by atoms with Crippen LogP contribution >= 0.6 is 0 Å². The molecule has 1 aliphatic carbocycles. The van der Waals surface area contributed by atoms with E-state index in [0.717, 1.165) is 31.7 Å². The molecule has 5 heteroatoms. The Morgan fingerprint density at radius 1 is 1.32 bits per heavy atom. The van der Waals surface area contributed by atoms with Gasteiger partial charge in [0.2, 0.25) is 0 Å². The van der Waals surface area contributed by atoms with Gasteiger partial charge in [0.1, 0.15) is 18.2 Å². The average Bonchev–Trinajstić information content (AvgIpc) is 2.38. The molecule has 0 bridgehead atoms. The molecule has 19 heavy (non-hydrogen) atoms. The van der Waals surface area contributed by atoms with E-state index in [1.54, 1.807) is 0 Å². The van der Waals surface area contributed by atoms with Gasteiger partial charge in [-0.05, 0) is 31.0 Å². The molecule has 0 aliphatic heterocycles. The van der Waals surface area contributed by atoms with Crippen molar-refractivity contribution in [1.29, 1.82) is 0 Å². The molecule has 4 nitrogen and oxygen atoms in total. The minimum atomic E-state index is -0.704. The lowest BCUT2D eigenvalue weighted by Gasteiger charge is -2.33. The molecule has 1 aromatic carbocycles. The molecule has 0 unspecified atom stereocenters. The molecule has 0 saturated heterocycles. The Morgan fingerprint density at radius 3 is 2.63 bits per heavy atom. The molecule has 0 spiro atoms. The highest BCUT2D eigenvalue weighted by Crippen LogP contribution is 2.28. The molecule has 1 aromatic rings.